The monoisotopic (exact) mass is 661 g/mol. The van der Waals surface area contributed by atoms with Crippen LogP contribution in [0.2, 0.25) is 0 Å². The van der Waals surface area contributed by atoms with Gasteiger partial charge in [0, 0.05) is 16.5 Å². The molecule has 0 aliphatic heterocycles. The van der Waals surface area contributed by atoms with Gasteiger partial charge in [0.1, 0.15) is 5.58 Å². The van der Waals surface area contributed by atoms with Crippen LogP contribution in [0.15, 0.2) is 192 Å². The minimum Gasteiger partial charge on any atom is -0.439 e. The summed E-state index contributed by atoms with van der Waals surface area (Å²) >= 11 is 0. The molecule has 242 valence electrons. The van der Waals surface area contributed by atoms with Gasteiger partial charge >= 0.3 is 0 Å². The Hall–Kier alpha value is -6.90. The highest BCUT2D eigenvalue weighted by Gasteiger charge is 2.21. The van der Waals surface area contributed by atoms with E-state index in [-0.39, 0.29) is 0 Å². The zero-order valence-electron chi connectivity index (χ0n) is 28.3. The lowest BCUT2D eigenvalue weighted by Gasteiger charge is -2.18. The first kappa shape index (κ1) is 28.9. The van der Waals surface area contributed by atoms with Crippen LogP contribution in [0.3, 0.4) is 0 Å². The van der Waals surface area contributed by atoms with Crippen molar-refractivity contribution in [1.29, 1.82) is 0 Å². The first-order valence-corrected chi connectivity index (χ1v) is 17.8. The van der Waals surface area contributed by atoms with Crippen LogP contribution in [0.1, 0.15) is 0 Å². The smallest absolute Gasteiger partial charge is 0.213 e. The summed E-state index contributed by atoms with van der Waals surface area (Å²) in [7, 11) is 0. The summed E-state index contributed by atoms with van der Waals surface area (Å²) in [5.41, 5.74) is 11.3. The number of para-hydroxylation sites is 2. The van der Waals surface area contributed by atoms with Gasteiger partial charge in [-0.05, 0) is 102 Å². The van der Waals surface area contributed by atoms with Gasteiger partial charge in [0.2, 0.25) is 5.71 Å². The largest absolute Gasteiger partial charge is 0.439 e. The van der Waals surface area contributed by atoms with Crippen molar-refractivity contribution in [2.45, 2.75) is 0 Å². The molecule has 2 aromatic heterocycles. The van der Waals surface area contributed by atoms with E-state index in [9.17, 15) is 0 Å². The molecule has 0 spiro atoms. The van der Waals surface area contributed by atoms with E-state index in [0.717, 1.165) is 33.3 Å². The Balaban J connectivity index is 1.12. The van der Waals surface area contributed by atoms with Crippen molar-refractivity contribution < 1.29 is 4.42 Å². The summed E-state index contributed by atoms with van der Waals surface area (Å²) in [6, 6.07) is 68.0. The third-order valence-corrected chi connectivity index (χ3v) is 10.8. The van der Waals surface area contributed by atoms with Crippen LogP contribution >= 0.6 is 0 Å². The van der Waals surface area contributed by atoms with E-state index < -0.39 is 0 Å². The van der Waals surface area contributed by atoms with E-state index in [1.807, 2.05) is 0 Å². The number of furan rings is 1. The molecule has 0 saturated carbocycles. The minimum absolute atomic E-state index is 0.872. The Morgan fingerprint density at radius 2 is 0.885 bits per heavy atom. The lowest BCUT2D eigenvalue weighted by Crippen LogP contribution is -1.91. The lowest BCUT2D eigenvalue weighted by molar-refractivity contribution is 0.645. The second kappa shape index (κ2) is 11.3. The summed E-state index contributed by atoms with van der Waals surface area (Å²) in [5, 5.41) is 10.9. The average Bonchev–Trinajstić information content (AvgIpc) is 3.74. The number of rotatable bonds is 4. The molecule has 0 fully saturated rings. The molecule has 11 aromatic rings. The minimum atomic E-state index is 0.872. The van der Waals surface area contributed by atoms with Crippen molar-refractivity contribution in [3.63, 3.8) is 0 Å². The summed E-state index contributed by atoms with van der Waals surface area (Å²) in [5.74, 6) is 0. The Morgan fingerprint density at radius 3 is 1.60 bits per heavy atom. The molecule has 0 saturated heterocycles. The van der Waals surface area contributed by atoms with Gasteiger partial charge < -0.3 is 4.42 Å². The summed E-state index contributed by atoms with van der Waals surface area (Å²) in [6.07, 6.45) is 0. The summed E-state index contributed by atoms with van der Waals surface area (Å²) < 4.78 is 8.94. The molecule has 2 heterocycles. The highest BCUT2D eigenvalue weighted by atomic mass is 16.3. The molecule has 0 unspecified atom stereocenters. The first-order valence-electron chi connectivity index (χ1n) is 17.8. The number of benzene rings is 9. The zero-order chi connectivity index (χ0) is 34.2. The Bertz CT molecular complexity index is 3110. The van der Waals surface area contributed by atoms with Gasteiger partial charge in [0.05, 0.1) is 10.9 Å². The van der Waals surface area contributed by atoms with Crippen molar-refractivity contribution in [3.05, 3.63) is 188 Å². The van der Waals surface area contributed by atoms with Crippen molar-refractivity contribution in [3.8, 4) is 39.1 Å². The molecule has 0 aliphatic rings. The summed E-state index contributed by atoms with van der Waals surface area (Å²) in [6.45, 7) is 0. The maximum absolute atomic E-state index is 6.69. The molecule has 0 amide bonds. The second-order valence-corrected chi connectivity index (χ2v) is 13.7. The fourth-order valence-electron chi connectivity index (χ4n) is 8.43. The Morgan fingerprint density at radius 1 is 0.346 bits per heavy atom. The van der Waals surface area contributed by atoms with Gasteiger partial charge in [-0.3, -0.25) is 4.57 Å². The normalized spacial score (nSPS) is 11.8. The quantitative estimate of drug-likeness (QED) is 0.172. The van der Waals surface area contributed by atoms with Crippen LogP contribution in [0.25, 0.3) is 104 Å². The second-order valence-electron chi connectivity index (χ2n) is 13.7. The number of fused-ring (bicyclic) bond motifs is 8. The van der Waals surface area contributed by atoms with Crippen LogP contribution in [0.4, 0.5) is 0 Å². The average molecular weight is 662 g/mol. The third kappa shape index (κ3) is 4.31. The van der Waals surface area contributed by atoms with Gasteiger partial charge in [-0.2, -0.15) is 0 Å². The van der Waals surface area contributed by atoms with E-state index in [1.54, 1.807) is 0 Å². The van der Waals surface area contributed by atoms with Crippen LogP contribution < -0.4 is 0 Å². The molecule has 11 rings (SSSR count). The van der Waals surface area contributed by atoms with Crippen LogP contribution in [0.5, 0.6) is 0 Å². The van der Waals surface area contributed by atoms with Crippen LogP contribution in [-0.2, 0) is 0 Å². The molecule has 0 N–H and O–H groups in total. The van der Waals surface area contributed by atoms with Crippen molar-refractivity contribution >= 4 is 65.3 Å². The van der Waals surface area contributed by atoms with Crippen molar-refractivity contribution in [1.82, 2.24) is 4.57 Å². The predicted molar refractivity (Wildman–Crippen MR) is 219 cm³/mol. The SMILES string of the molecule is c1ccc(-n2c3ccccc3c3c4cc(-c5c6ccccc6c(-c6ccc(-c7ccc8ccccc8c7)cc6)c6ccccc56)ccc4oc32)cc1. The van der Waals surface area contributed by atoms with E-state index in [4.69, 9.17) is 4.42 Å². The molecular weight excluding hydrogens is 631 g/mol. The molecule has 2 heteroatoms. The number of aromatic nitrogens is 1. The van der Waals surface area contributed by atoms with Crippen molar-refractivity contribution in [2.75, 3.05) is 0 Å². The molecule has 52 heavy (non-hydrogen) atoms. The standard InChI is InChI=1S/C50H31NO/c1-2-14-38(15-3-1)51-45-21-11-10-20-43(45)49-44-31-37(28-29-46(44)52-50(49)51)48-41-18-8-6-16-39(41)47(40-17-7-9-19-42(40)48)34-25-22-33(23-26-34)36-27-24-32-12-4-5-13-35(32)30-36/h1-31H. The molecule has 0 aliphatic carbocycles. The molecular formula is C50H31NO. The highest BCUT2D eigenvalue weighted by molar-refractivity contribution is 6.24. The predicted octanol–water partition coefficient (Wildman–Crippen LogP) is 14.0. The van der Waals surface area contributed by atoms with Crippen LogP contribution in [-0.4, -0.2) is 4.57 Å². The lowest BCUT2D eigenvalue weighted by atomic mass is 9.85. The number of nitrogens with zero attached hydrogens (tertiary/aromatic N) is 1. The Labute approximate surface area is 300 Å². The van der Waals surface area contributed by atoms with E-state index >= 15 is 0 Å². The molecule has 0 radical (unpaired) electrons. The third-order valence-electron chi connectivity index (χ3n) is 10.8. The van der Waals surface area contributed by atoms with Gasteiger partial charge in [0.25, 0.3) is 0 Å². The van der Waals surface area contributed by atoms with E-state index in [1.165, 1.54) is 71.1 Å². The van der Waals surface area contributed by atoms with Gasteiger partial charge in [0.15, 0.2) is 0 Å². The summed E-state index contributed by atoms with van der Waals surface area (Å²) in [4.78, 5) is 0. The van der Waals surface area contributed by atoms with Crippen LogP contribution in [0, 0.1) is 0 Å². The Kier molecular flexibility index (Phi) is 6.28. The highest BCUT2D eigenvalue weighted by Crippen LogP contribution is 2.46. The van der Waals surface area contributed by atoms with Gasteiger partial charge in [-0.25, -0.2) is 0 Å². The maximum atomic E-state index is 6.69. The molecule has 0 atom stereocenters. The molecule has 0 bridgehead atoms. The fourth-order valence-corrected chi connectivity index (χ4v) is 8.43. The van der Waals surface area contributed by atoms with E-state index in [0.29, 0.717) is 0 Å². The molecule has 2 nitrogen and oxygen atoms in total. The maximum Gasteiger partial charge on any atom is 0.213 e. The van der Waals surface area contributed by atoms with Gasteiger partial charge in [-0.15, -0.1) is 0 Å². The fraction of sp³-hybridized carbons (Fsp3) is 0. The number of hydrogen-bond donors (Lipinski definition) is 0. The molecule has 9 aromatic carbocycles. The zero-order valence-corrected chi connectivity index (χ0v) is 28.3. The van der Waals surface area contributed by atoms with Crippen molar-refractivity contribution in [2.24, 2.45) is 0 Å². The van der Waals surface area contributed by atoms with Gasteiger partial charge in [-0.1, -0.05) is 152 Å². The van der Waals surface area contributed by atoms with E-state index in [2.05, 4.69) is 193 Å². The first-order chi connectivity index (χ1) is 25.8. The topological polar surface area (TPSA) is 18.1 Å². The number of hydrogen-bond acceptors (Lipinski definition) is 1.